The van der Waals surface area contributed by atoms with Gasteiger partial charge in [-0.1, -0.05) is 29.8 Å². The van der Waals surface area contributed by atoms with E-state index in [1.807, 2.05) is 28.9 Å². The summed E-state index contributed by atoms with van der Waals surface area (Å²) in [5.74, 6) is 1.03. The van der Waals surface area contributed by atoms with Gasteiger partial charge in [0.05, 0.1) is 24.4 Å². The van der Waals surface area contributed by atoms with Crippen LogP contribution in [0.1, 0.15) is 42.4 Å². The molecule has 5 nitrogen and oxygen atoms in total. The highest BCUT2D eigenvalue weighted by molar-refractivity contribution is 6.32. The summed E-state index contributed by atoms with van der Waals surface area (Å²) in [6.07, 6.45) is 9.56. The first kappa shape index (κ1) is 24.8. The van der Waals surface area contributed by atoms with E-state index in [0.29, 0.717) is 29.3 Å². The van der Waals surface area contributed by atoms with Crippen molar-refractivity contribution in [3.8, 4) is 17.0 Å². The van der Waals surface area contributed by atoms with Gasteiger partial charge in [-0.05, 0) is 79.5 Å². The molecule has 1 fully saturated rings. The molecule has 0 atom stereocenters. The van der Waals surface area contributed by atoms with Crippen LogP contribution in [0.15, 0.2) is 60.9 Å². The van der Waals surface area contributed by atoms with E-state index < -0.39 is 0 Å². The molecule has 0 aliphatic heterocycles. The number of aromatic nitrogens is 2. The summed E-state index contributed by atoms with van der Waals surface area (Å²) < 4.78 is 21.2. The molecule has 0 saturated heterocycles. The minimum Gasteiger partial charge on any atom is -0.495 e. The molecule has 36 heavy (non-hydrogen) atoms. The van der Waals surface area contributed by atoms with Crippen molar-refractivity contribution in [3.63, 3.8) is 0 Å². The first-order valence-corrected chi connectivity index (χ1v) is 12.8. The molecule has 1 aliphatic rings. The van der Waals surface area contributed by atoms with Gasteiger partial charge in [-0.2, -0.15) is 0 Å². The Balaban J connectivity index is 1.22. The van der Waals surface area contributed by atoms with Gasteiger partial charge in [-0.3, -0.25) is 0 Å². The van der Waals surface area contributed by atoms with Gasteiger partial charge in [0.25, 0.3) is 0 Å². The minimum absolute atomic E-state index is 0.125. The van der Waals surface area contributed by atoms with Crippen LogP contribution in [0, 0.1) is 11.7 Å². The Morgan fingerprint density at radius 1 is 1.11 bits per heavy atom. The van der Waals surface area contributed by atoms with Crippen molar-refractivity contribution >= 4 is 17.2 Å². The largest absolute Gasteiger partial charge is 0.495 e. The Kier molecular flexibility index (Phi) is 7.56. The number of fused-ring (bicyclic) bond motifs is 1. The molecule has 2 heterocycles. The maximum atomic E-state index is 13.9. The van der Waals surface area contributed by atoms with Crippen LogP contribution in [-0.2, 0) is 19.6 Å². The number of benzene rings is 2. The molecule has 0 radical (unpaired) electrons. The lowest BCUT2D eigenvalue weighted by atomic mass is 9.82. The second-order valence-electron chi connectivity index (χ2n) is 9.62. The van der Waals surface area contributed by atoms with Gasteiger partial charge in [0, 0.05) is 36.1 Å². The number of aliphatic hydroxyl groups is 1. The molecule has 5 rings (SSSR count). The van der Waals surface area contributed by atoms with Gasteiger partial charge in [0.1, 0.15) is 17.2 Å². The highest BCUT2D eigenvalue weighted by Crippen LogP contribution is 2.34. The van der Waals surface area contributed by atoms with Gasteiger partial charge < -0.3 is 19.6 Å². The normalized spacial score (nSPS) is 18.0. The Morgan fingerprint density at radius 2 is 1.92 bits per heavy atom. The second-order valence-corrected chi connectivity index (χ2v) is 10.0. The summed E-state index contributed by atoms with van der Waals surface area (Å²) in [4.78, 5) is 4.83. The topological polar surface area (TPSA) is 58.8 Å². The smallest absolute Gasteiger partial charge is 0.137 e. The number of ether oxygens (including phenoxy) is 1. The number of aliphatic hydroxyl groups excluding tert-OH is 1. The average molecular weight is 508 g/mol. The number of pyridine rings is 1. The molecule has 2 N–H and O–H groups in total. The zero-order chi connectivity index (χ0) is 25.1. The quantitative estimate of drug-likeness (QED) is 0.299. The third-order valence-corrected chi connectivity index (χ3v) is 7.55. The van der Waals surface area contributed by atoms with Crippen LogP contribution in [-0.4, -0.2) is 27.6 Å². The first-order chi connectivity index (χ1) is 17.5. The lowest BCUT2D eigenvalue weighted by Crippen LogP contribution is -2.33. The SMILES string of the molecule is COc1cc(CO)c(-c2cn3ccc(CC4CCC(NCc5ccccc5F)CC4)cc3n2)cc1Cl. The van der Waals surface area contributed by atoms with E-state index in [2.05, 4.69) is 17.4 Å². The average Bonchev–Trinajstić information content (AvgIpc) is 3.32. The van der Waals surface area contributed by atoms with Gasteiger partial charge in [-0.15, -0.1) is 0 Å². The van der Waals surface area contributed by atoms with Gasteiger partial charge >= 0.3 is 0 Å². The van der Waals surface area contributed by atoms with E-state index in [1.54, 1.807) is 25.3 Å². The van der Waals surface area contributed by atoms with E-state index in [-0.39, 0.29) is 12.4 Å². The van der Waals surface area contributed by atoms with Gasteiger partial charge in [0.2, 0.25) is 0 Å². The molecule has 4 aromatic rings. The first-order valence-electron chi connectivity index (χ1n) is 12.5. The zero-order valence-corrected chi connectivity index (χ0v) is 21.1. The van der Waals surface area contributed by atoms with Crippen molar-refractivity contribution in [2.75, 3.05) is 7.11 Å². The lowest BCUT2D eigenvalue weighted by Gasteiger charge is -2.29. The Bertz CT molecular complexity index is 1350. The Labute approximate surface area is 215 Å². The van der Waals surface area contributed by atoms with E-state index in [9.17, 15) is 9.50 Å². The predicted octanol–water partition coefficient (Wildman–Crippen LogP) is 6.19. The molecular formula is C29H31ClFN3O2. The summed E-state index contributed by atoms with van der Waals surface area (Å²) in [5.41, 5.74) is 5.17. The number of halogens is 2. The number of hydrogen-bond acceptors (Lipinski definition) is 4. The van der Waals surface area contributed by atoms with Crippen LogP contribution in [0.3, 0.4) is 0 Å². The van der Waals surface area contributed by atoms with Crippen molar-refractivity contribution in [1.82, 2.24) is 14.7 Å². The number of rotatable bonds is 8. The van der Waals surface area contributed by atoms with E-state index in [4.69, 9.17) is 21.3 Å². The predicted molar refractivity (Wildman–Crippen MR) is 141 cm³/mol. The van der Waals surface area contributed by atoms with E-state index in [0.717, 1.165) is 60.1 Å². The lowest BCUT2D eigenvalue weighted by molar-refractivity contribution is 0.281. The zero-order valence-electron chi connectivity index (χ0n) is 20.4. The number of nitrogens with one attached hydrogen (secondary N) is 1. The van der Waals surface area contributed by atoms with Crippen molar-refractivity contribution < 1.29 is 14.2 Å². The fourth-order valence-electron chi connectivity index (χ4n) is 5.20. The molecule has 0 bridgehead atoms. The van der Waals surface area contributed by atoms with E-state index >= 15 is 0 Å². The Morgan fingerprint density at radius 3 is 2.67 bits per heavy atom. The van der Waals surface area contributed by atoms with Gasteiger partial charge in [-0.25, -0.2) is 9.37 Å². The molecule has 2 aromatic carbocycles. The molecule has 188 valence electrons. The third-order valence-electron chi connectivity index (χ3n) is 7.26. The molecule has 1 aliphatic carbocycles. The van der Waals surface area contributed by atoms with E-state index in [1.165, 1.54) is 11.6 Å². The standard InChI is InChI=1S/C29H31ClFN3O2/c1-36-28-14-22(18-35)24(15-25(28)30)27-17-34-11-10-20(13-29(34)33-27)12-19-6-8-23(9-7-19)32-16-21-4-2-3-5-26(21)31/h2-5,10-11,13-15,17,19,23,32,35H,6-9,12,16,18H2,1H3. The highest BCUT2D eigenvalue weighted by atomic mass is 35.5. The summed E-state index contributed by atoms with van der Waals surface area (Å²) in [7, 11) is 1.56. The van der Waals surface area contributed by atoms with Crippen LogP contribution in [0.5, 0.6) is 5.75 Å². The van der Waals surface area contributed by atoms with Crippen molar-refractivity contribution in [1.29, 1.82) is 0 Å². The molecule has 0 unspecified atom stereocenters. The van der Waals surface area contributed by atoms with Crippen LogP contribution in [0.25, 0.3) is 16.9 Å². The fraction of sp³-hybridized carbons (Fsp3) is 0.345. The van der Waals surface area contributed by atoms with Crippen LogP contribution >= 0.6 is 11.6 Å². The summed E-state index contributed by atoms with van der Waals surface area (Å²) in [6, 6.07) is 15.3. The number of hydrogen-bond donors (Lipinski definition) is 2. The molecular weight excluding hydrogens is 477 g/mol. The Hall–Kier alpha value is -2.93. The van der Waals surface area contributed by atoms with Crippen molar-refractivity contribution in [2.45, 2.75) is 51.3 Å². The molecule has 1 saturated carbocycles. The highest BCUT2D eigenvalue weighted by Gasteiger charge is 2.22. The maximum absolute atomic E-state index is 13.9. The minimum atomic E-state index is -0.140. The third kappa shape index (κ3) is 5.41. The molecule has 0 spiro atoms. The molecule has 2 aromatic heterocycles. The molecule has 7 heteroatoms. The monoisotopic (exact) mass is 507 g/mol. The van der Waals surface area contributed by atoms with Crippen LogP contribution in [0.4, 0.5) is 4.39 Å². The number of imidazole rings is 1. The number of nitrogens with zero attached hydrogens (tertiary/aromatic N) is 2. The molecule has 0 amide bonds. The maximum Gasteiger partial charge on any atom is 0.137 e. The van der Waals surface area contributed by atoms with Gasteiger partial charge in [0.15, 0.2) is 0 Å². The summed E-state index contributed by atoms with van der Waals surface area (Å²) in [6.45, 7) is 0.456. The van der Waals surface area contributed by atoms with Crippen molar-refractivity contribution in [2.24, 2.45) is 5.92 Å². The van der Waals surface area contributed by atoms with Crippen LogP contribution in [0.2, 0.25) is 5.02 Å². The second kappa shape index (κ2) is 11.0. The van der Waals surface area contributed by atoms with Crippen LogP contribution < -0.4 is 10.1 Å². The van der Waals surface area contributed by atoms with Crippen molar-refractivity contribution in [3.05, 3.63) is 88.5 Å². The summed E-state index contributed by atoms with van der Waals surface area (Å²) >= 11 is 6.35. The number of methoxy groups -OCH3 is 1. The fourth-order valence-corrected chi connectivity index (χ4v) is 5.44. The summed E-state index contributed by atoms with van der Waals surface area (Å²) in [5, 5.41) is 13.9.